The van der Waals surface area contributed by atoms with E-state index in [1.54, 1.807) is 0 Å². The monoisotopic (exact) mass is 351 g/mol. The first-order valence-corrected chi connectivity index (χ1v) is 9.92. The van der Waals surface area contributed by atoms with E-state index in [0.29, 0.717) is 11.8 Å². The Bertz CT molecular complexity index is 772. The van der Waals surface area contributed by atoms with Gasteiger partial charge in [-0.05, 0) is 74.2 Å². The zero-order valence-electron chi connectivity index (χ0n) is 15.6. The van der Waals surface area contributed by atoms with Crippen LogP contribution in [0.1, 0.15) is 47.4 Å². The van der Waals surface area contributed by atoms with Crippen molar-refractivity contribution in [1.82, 2.24) is 4.90 Å². The molecule has 2 aliphatic rings. The summed E-state index contributed by atoms with van der Waals surface area (Å²) < 4.78 is 0. The Kier molecular flexibility index (Phi) is 4.90. The number of aryl methyl sites for hydroxylation is 2. The maximum atomic E-state index is 10.4. The van der Waals surface area contributed by atoms with Gasteiger partial charge in [0.2, 0.25) is 0 Å². The first-order chi connectivity index (χ1) is 12.6. The molecule has 138 valence electrons. The van der Waals surface area contributed by atoms with Crippen molar-refractivity contribution in [2.24, 2.45) is 5.92 Å². The number of phenols is 2. The third-order valence-electron chi connectivity index (χ3n) is 6.27. The highest BCUT2D eigenvalue weighted by Gasteiger charge is 2.38. The molecule has 0 radical (unpaired) electrons. The lowest BCUT2D eigenvalue weighted by atomic mass is 9.74. The van der Waals surface area contributed by atoms with E-state index in [2.05, 4.69) is 42.3 Å². The third kappa shape index (κ3) is 3.33. The van der Waals surface area contributed by atoms with Crippen LogP contribution < -0.4 is 0 Å². The summed E-state index contributed by atoms with van der Waals surface area (Å²) in [7, 11) is 2.19. The highest BCUT2D eigenvalue weighted by atomic mass is 16.3. The molecular weight excluding hydrogens is 322 g/mol. The highest BCUT2D eigenvalue weighted by molar-refractivity contribution is 5.56. The van der Waals surface area contributed by atoms with Gasteiger partial charge in [0.1, 0.15) is 0 Å². The van der Waals surface area contributed by atoms with Gasteiger partial charge in [-0.2, -0.15) is 0 Å². The van der Waals surface area contributed by atoms with E-state index in [-0.39, 0.29) is 11.5 Å². The molecule has 1 saturated heterocycles. The molecule has 2 aromatic carbocycles. The van der Waals surface area contributed by atoms with E-state index in [1.807, 2.05) is 6.07 Å². The summed E-state index contributed by atoms with van der Waals surface area (Å²) in [5.41, 5.74) is 5.01. The molecular formula is C23H29NO2. The molecule has 2 aromatic rings. The van der Waals surface area contributed by atoms with E-state index in [0.717, 1.165) is 57.2 Å². The SMILES string of the molecule is CN1CC2CCc3c(O)c(O)cc(CCCCc4ccccc4)c3C2C1. The zero-order chi connectivity index (χ0) is 18.1. The van der Waals surface area contributed by atoms with Gasteiger partial charge in [0.15, 0.2) is 11.5 Å². The molecule has 2 atom stereocenters. The van der Waals surface area contributed by atoms with Gasteiger partial charge in [-0.3, -0.25) is 0 Å². The molecule has 1 heterocycles. The number of aromatic hydroxyl groups is 2. The van der Waals surface area contributed by atoms with Crippen LogP contribution in [-0.4, -0.2) is 35.3 Å². The number of rotatable bonds is 5. The second-order valence-electron chi connectivity index (χ2n) is 8.11. The van der Waals surface area contributed by atoms with Crippen LogP contribution in [0.3, 0.4) is 0 Å². The van der Waals surface area contributed by atoms with Crippen LogP contribution in [0.2, 0.25) is 0 Å². The molecule has 1 aliphatic carbocycles. The minimum Gasteiger partial charge on any atom is -0.504 e. The van der Waals surface area contributed by atoms with E-state index in [4.69, 9.17) is 0 Å². The van der Waals surface area contributed by atoms with Crippen molar-refractivity contribution in [1.29, 1.82) is 0 Å². The summed E-state index contributed by atoms with van der Waals surface area (Å²) in [4.78, 5) is 2.41. The molecule has 0 spiro atoms. The second kappa shape index (κ2) is 7.32. The molecule has 3 heteroatoms. The number of likely N-dealkylation sites (tertiary alicyclic amines) is 1. The van der Waals surface area contributed by atoms with Gasteiger partial charge in [0.05, 0.1) is 0 Å². The standard InChI is InChI=1S/C23H29NO2/c1-24-14-18-11-12-19-22(20(18)15-24)17(13-21(25)23(19)26)10-6-5-9-16-7-3-2-4-8-16/h2-4,7-8,13,18,20,25-26H,5-6,9-12,14-15H2,1H3. The van der Waals surface area contributed by atoms with E-state index < -0.39 is 0 Å². The Labute approximate surface area is 156 Å². The molecule has 0 saturated carbocycles. The van der Waals surface area contributed by atoms with E-state index in [9.17, 15) is 10.2 Å². The van der Waals surface area contributed by atoms with Crippen LogP contribution in [0.25, 0.3) is 0 Å². The number of phenolic OH excluding ortho intramolecular Hbond substituents is 2. The van der Waals surface area contributed by atoms with Gasteiger partial charge in [0.25, 0.3) is 0 Å². The van der Waals surface area contributed by atoms with Crippen LogP contribution in [0.4, 0.5) is 0 Å². The minimum absolute atomic E-state index is 0.0617. The van der Waals surface area contributed by atoms with Crippen molar-refractivity contribution in [3.05, 3.63) is 58.7 Å². The maximum Gasteiger partial charge on any atom is 0.160 e. The van der Waals surface area contributed by atoms with Crippen LogP contribution in [0.5, 0.6) is 11.5 Å². The van der Waals surface area contributed by atoms with Gasteiger partial charge in [-0.1, -0.05) is 30.3 Å². The van der Waals surface area contributed by atoms with Crippen LogP contribution >= 0.6 is 0 Å². The first-order valence-electron chi connectivity index (χ1n) is 9.92. The van der Waals surface area contributed by atoms with Crippen LogP contribution in [0.15, 0.2) is 36.4 Å². The molecule has 4 rings (SSSR count). The average Bonchev–Trinajstić information content (AvgIpc) is 3.03. The van der Waals surface area contributed by atoms with Crippen molar-refractivity contribution in [2.45, 2.75) is 44.4 Å². The summed E-state index contributed by atoms with van der Waals surface area (Å²) in [5, 5.41) is 20.6. The summed E-state index contributed by atoms with van der Waals surface area (Å²) in [6, 6.07) is 12.5. The molecule has 2 N–H and O–H groups in total. The van der Waals surface area contributed by atoms with E-state index >= 15 is 0 Å². The van der Waals surface area contributed by atoms with Gasteiger partial charge < -0.3 is 15.1 Å². The van der Waals surface area contributed by atoms with Crippen molar-refractivity contribution in [2.75, 3.05) is 20.1 Å². The molecule has 26 heavy (non-hydrogen) atoms. The average molecular weight is 351 g/mol. The highest BCUT2D eigenvalue weighted by Crippen LogP contribution is 2.48. The molecule has 2 unspecified atom stereocenters. The molecule has 1 fully saturated rings. The minimum atomic E-state index is 0.0617. The predicted octanol–water partition coefficient (Wildman–Crippen LogP) is 4.25. The number of fused-ring (bicyclic) bond motifs is 3. The zero-order valence-corrected chi connectivity index (χ0v) is 15.6. The van der Waals surface area contributed by atoms with Crippen molar-refractivity contribution in [3.63, 3.8) is 0 Å². The maximum absolute atomic E-state index is 10.4. The molecule has 0 amide bonds. The quantitative estimate of drug-likeness (QED) is 0.625. The summed E-state index contributed by atoms with van der Waals surface area (Å²) in [6.45, 7) is 2.22. The van der Waals surface area contributed by atoms with Crippen molar-refractivity contribution in [3.8, 4) is 11.5 Å². The summed E-state index contributed by atoms with van der Waals surface area (Å²) >= 11 is 0. The van der Waals surface area contributed by atoms with E-state index in [1.165, 1.54) is 16.7 Å². The molecule has 0 aromatic heterocycles. The second-order valence-corrected chi connectivity index (χ2v) is 8.11. The fourth-order valence-corrected chi connectivity index (χ4v) is 5.03. The lowest BCUT2D eigenvalue weighted by molar-refractivity contribution is 0.374. The molecule has 3 nitrogen and oxygen atoms in total. The number of hydrogen-bond donors (Lipinski definition) is 2. The van der Waals surface area contributed by atoms with Gasteiger partial charge in [0, 0.05) is 24.6 Å². The fraction of sp³-hybridized carbons (Fsp3) is 0.478. The van der Waals surface area contributed by atoms with Crippen molar-refractivity contribution < 1.29 is 10.2 Å². The lowest BCUT2D eigenvalue weighted by Gasteiger charge is -2.30. The Balaban J connectivity index is 1.52. The Morgan fingerprint density at radius 1 is 1.04 bits per heavy atom. The number of hydrogen-bond acceptors (Lipinski definition) is 3. The smallest absolute Gasteiger partial charge is 0.160 e. The number of benzene rings is 2. The Hall–Kier alpha value is -2.00. The fourth-order valence-electron chi connectivity index (χ4n) is 5.03. The van der Waals surface area contributed by atoms with Crippen molar-refractivity contribution >= 4 is 0 Å². The Morgan fingerprint density at radius 3 is 2.62 bits per heavy atom. The summed E-state index contributed by atoms with van der Waals surface area (Å²) in [5.74, 6) is 1.39. The van der Waals surface area contributed by atoms with Crippen LogP contribution in [0, 0.1) is 5.92 Å². The number of likely N-dealkylation sites (N-methyl/N-ethyl adjacent to an activating group) is 1. The largest absolute Gasteiger partial charge is 0.504 e. The van der Waals surface area contributed by atoms with Gasteiger partial charge in [-0.15, -0.1) is 0 Å². The number of nitrogens with zero attached hydrogens (tertiary/aromatic N) is 1. The first kappa shape index (κ1) is 17.4. The molecule has 1 aliphatic heterocycles. The predicted molar refractivity (Wildman–Crippen MR) is 105 cm³/mol. The van der Waals surface area contributed by atoms with Gasteiger partial charge >= 0.3 is 0 Å². The number of unbranched alkanes of at least 4 members (excludes halogenated alkanes) is 1. The topological polar surface area (TPSA) is 43.7 Å². The molecule has 0 bridgehead atoms. The lowest BCUT2D eigenvalue weighted by Crippen LogP contribution is -2.21. The van der Waals surface area contributed by atoms with Gasteiger partial charge in [-0.25, -0.2) is 0 Å². The summed E-state index contributed by atoms with van der Waals surface area (Å²) in [6.07, 6.45) is 6.35. The Morgan fingerprint density at radius 2 is 1.81 bits per heavy atom. The van der Waals surface area contributed by atoms with Crippen LogP contribution in [-0.2, 0) is 19.3 Å². The normalized spacial score (nSPS) is 22.2. The third-order valence-corrected chi connectivity index (χ3v) is 6.27.